The Morgan fingerprint density at radius 2 is 1.75 bits per heavy atom. The quantitative estimate of drug-likeness (QED) is 0.700. The summed E-state index contributed by atoms with van der Waals surface area (Å²) in [7, 11) is 0. The van der Waals surface area contributed by atoms with Crippen LogP contribution in [0.15, 0.2) is 59.2 Å². The summed E-state index contributed by atoms with van der Waals surface area (Å²) in [6.07, 6.45) is 4.15. The monoisotopic (exact) mass is 382 g/mol. The second kappa shape index (κ2) is 6.54. The zero-order valence-electron chi connectivity index (χ0n) is 13.3. The molecule has 0 bridgehead atoms. The first-order valence-corrected chi connectivity index (χ1v) is 9.09. The van der Waals surface area contributed by atoms with Gasteiger partial charge in [0, 0.05) is 21.6 Å². The minimum atomic E-state index is 0.0620. The second-order valence-electron chi connectivity index (χ2n) is 6.28. The molecule has 4 rings (SSSR count). The Morgan fingerprint density at radius 1 is 1.00 bits per heavy atom. The highest BCUT2D eigenvalue weighted by molar-refractivity contribution is 9.10. The summed E-state index contributed by atoms with van der Waals surface area (Å²) < 4.78 is 1.07. The molecule has 3 aromatic rings. The topological polar surface area (TPSA) is 36.4 Å². The van der Waals surface area contributed by atoms with E-state index >= 15 is 0 Å². The van der Waals surface area contributed by atoms with Gasteiger partial charge in [-0.05, 0) is 49.7 Å². The van der Waals surface area contributed by atoms with E-state index in [1.54, 1.807) is 6.20 Å². The van der Waals surface area contributed by atoms with Crippen LogP contribution in [0, 0.1) is 0 Å². The minimum Gasteiger partial charge on any atom is -0.505 e. The van der Waals surface area contributed by atoms with Crippen molar-refractivity contribution >= 4 is 26.8 Å². The van der Waals surface area contributed by atoms with Crippen molar-refractivity contribution in [2.45, 2.75) is 18.9 Å². The Hall–Kier alpha value is -1.91. The van der Waals surface area contributed by atoms with Crippen LogP contribution in [0.2, 0.25) is 0 Å². The Labute approximate surface area is 150 Å². The molecule has 1 aliphatic heterocycles. The minimum absolute atomic E-state index is 0.0620. The van der Waals surface area contributed by atoms with Gasteiger partial charge in [0.25, 0.3) is 0 Å². The van der Waals surface area contributed by atoms with Gasteiger partial charge in [-0.1, -0.05) is 46.3 Å². The Kier molecular flexibility index (Phi) is 4.25. The van der Waals surface area contributed by atoms with Crippen molar-refractivity contribution in [2.24, 2.45) is 0 Å². The fourth-order valence-electron chi connectivity index (χ4n) is 3.60. The molecule has 2 aromatic carbocycles. The molecule has 1 N–H and O–H groups in total. The van der Waals surface area contributed by atoms with Crippen molar-refractivity contribution in [1.82, 2.24) is 9.88 Å². The first-order chi connectivity index (χ1) is 11.7. The zero-order valence-corrected chi connectivity index (χ0v) is 14.9. The first-order valence-electron chi connectivity index (χ1n) is 8.30. The molecule has 1 saturated heterocycles. The van der Waals surface area contributed by atoms with Crippen LogP contribution in [0.5, 0.6) is 5.75 Å². The van der Waals surface area contributed by atoms with Crippen molar-refractivity contribution in [1.29, 1.82) is 0 Å². The lowest BCUT2D eigenvalue weighted by atomic mass is 9.95. The van der Waals surface area contributed by atoms with Crippen LogP contribution in [0.4, 0.5) is 0 Å². The van der Waals surface area contributed by atoms with E-state index in [9.17, 15) is 5.11 Å². The van der Waals surface area contributed by atoms with E-state index in [0.717, 1.165) is 28.5 Å². The Morgan fingerprint density at radius 3 is 2.50 bits per heavy atom. The molecule has 0 saturated carbocycles. The highest BCUT2D eigenvalue weighted by Crippen LogP contribution is 2.39. The van der Waals surface area contributed by atoms with Crippen LogP contribution in [0.3, 0.4) is 0 Å². The van der Waals surface area contributed by atoms with Gasteiger partial charge >= 0.3 is 0 Å². The van der Waals surface area contributed by atoms with Crippen molar-refractivity contribution in [3.63, 3.8) is 0 Å². The van der Waals surface area contributed by atoms with E-state index in [4.69, 9.17) is 0 Å². The average Bonchev–Trinajstić information content (AvgIpc) is 3.13. The molecule has 1 atom stereocenters. The molecule has 3 nitrogen and oxygen atoms in total. The molecule has 0 amide bonds. The van der Waals surface area contributed by atoms with E-state index in [1.165, 1.54) is 18.4 Å². The molecular weight excluding hydrogens is 364 g/mol. The van der Waals surface area contributed by atoms with Gasteiger partial charge in [-0.15, -0.1) is 0 Å². The summed E-state index contributed by atoms with van der Waals surface area (Å²) in [4.78, 5) is 6.83. The van der Waals surface area contributed by atoms with Gasteiger partial charge in [0.15, 0.2) is 0 Å². The maximum Gasteiger partial charge on any atom is 0.146 e. The molecule has 0 spiro atoms. The second-order valence-corrected chi connectivity index (χ2v) is 7.19. The number of aromatic nitrogens is 1. The summed E-state index contributed by atoms with van der Waals surface area (Å²) >= 11 is 3.51. The van der Waals surface area contributed by atoms with Crippen molar-refractivity contribution in [2.75, 3.05) is 13.1 Å². The fraction of sp³-hybridized carbons (Fsp3) is 0.250. The largest absolute Gasteiger partial charge is 0.505 e. The lowest BCUT2D eigenvalue weighted by Gasteiger charge is -2.29. The molecule has 1 aliphatic rings. The SMILES string of the molecule is Oc1c([C@H](c2ccc(Br)cc2)N2CCCC2)ccc2cccnc12. The number of rotatable bonds is 3. The third-order valence-corrected chi connectivity index (χ3v) is 5.29. The number of nitrogens with zero attached hydrogens (tertiary/aromatic N) is 2. The van der Waals surface area contributed by atoms with Gasteiger partial charge in [-0.2, -0.15) is 0 Å². The van der Waals surface area contributed by atoms with E-state index in [1.807, 2.05) is 18.2 Å². The Balaban J connectivity index is 1.86. The van der Waals surface area contributed by atoms with Gasteiger partial charge in [0.05, 0.1) is 6.04 Å². The Bertz CT molecular complexity index is 857. The summed E-state index contributed by atoms with van der Waals surface area (Å²) in [5, 5.41) is 11.9. The van der Waals surface area contributed by atoms with Gasteiger partial charge in [-0.25, -0.2) is 0 Å². The lowest BCUT2D eigenvalue weighted by Crippen LogP contribution is -2.26. The predicted molar refractivity (Wildman–Crippen MR) is 100 cm³/mol. The number of halogens is 1. The predicted octanol–water partition coefficient (Wildman–Crippen LogP) is 4.89. The van der Waals surface area contributed by atoms with Crippen LogP contribution in [-0.2, 0) is 0 Å². The fourth-order valence-corrected chi connectivity index (χ4v) is 3.86. The molecule has 4 heteroatoms. The molecular formula is C20H19BrN2O. The number of fused-ring (bicyclic) bond motifs is 1. The molecule has 0 aliphatic carbocycles. The van der Waals surface area contributed by atoms with E-state index < -0.39 is 0 Å². The number of hydrogen-bond donors (Lipinski definition) is 1. The van der Waals surface area contributed by atoms with Crippen LogP contribution in [0.25, 0.3) is 10.9 Å². The van der Waals surface area contributed by atoms with Crippen molar-refractivity contribution < 1.29 is 5.11 Å². The number of benzene rings is 2. The van der Waals surface area contributed by atoms with Gasteiger partial charge in [0.1, 0.15) is 11.3 Å². The van der Waals surface area contributed by atoms with E-state index in [-0.39, 0.29) is 6.04 Å². The molecule has 2 heterocycles. The summed E-state index contributed by atoms with van der Waals surface area (Å²) in [5.41, 5.74) is 2.81. The van der Waals surface area contributed by atoms with Gasteiger partial charge in [0.2, 0.25) is 0 Å². The maximum absolute atomic E-state index is 10.9. The highest BCUT2D eigenvalue weighted by atomic mass is 79.9. The number of phenolic OH excluding ortho intramolecular Hbond substituents is 1. The third kappa shape index (κ3) is 2.80. The molecule has 1 fully saturated rings. The average molecular weight is 383 g/mol. The maximum atomic E-state index is 10.9. The van der Waals surface area contributed by atoms with Gasteiger partial charge in [-0.3, -0.25) is 9.88 Å². The van der Waals surface area contributed by atoms with Crippen LogP contribution in [0.1, 0.15) is 30.0 Å². The lowest BCUT2D eigenvalue weighted by molar-refractivity contribution is 0.275. The standard InChI is InChI=1S/C20H19BrN2O/c21-16-8-5-15(6-9-16)19(23-12-1-2-13-23)17-10-7-14-4-3-11-22-18(14)20(17)24/h3-11,19,24H,1-2,12-13H2/t19-/m0/s1. The van der Waals surface area contributed by atoms with E-state index in [2.05, 4.69) is 56.1 Å². The smallest absolute Gasteiger partial charge is 0.146 e. The molecule has 24 heavy (non-hydrogen) atoms. The van der Waals surface area contributed by atoms with E-state index in [0.29, 0.717) is 11.3 Å². The summed E-state index contributed by atoms with van der Waals surface area (Å²) in [5.74, 6) is 0.299. The molecule has 1 aromatic heterocycles. The molecule has 122 valence electrons. The molecule has 0 unspecified atom stereocenters. The van der Waals surface area contributed by atoms with Gasteiger partial charge < -0.3 is 5.11 Å². The number of pyridine rings is 1. The molecule has 0 radical (unpaired) electrons. The van der Waals surface area contributed by atoms with Crippen LogP contribution >= 0.6 is 15.9 Å². The first kappa shape index (κ1) is 15.6. The number of hydrogen-bond acceptors (Lipinski definition) is 3. The summed E-state index contributed by atoms with van der Waals surface area (Å²) in [6, 6.07) is 16.4. The number of likely N-dealkylation sites (tertiary alicyclic amines) is 1. The third-order valence-electron chi connectivity index (χ3n) is 4.77. The highest BCUT2D eigenvalue weighted by Gasteiger charge is 2.28. The summed E-state index contributed by atoms with van der Waals surface area (Å²) in [6.45, 7) is 2.11. The van der Waals surface area contributed by atoms with Crippen LogP contribution < -0.4 is 0 Å². The number of aromatic hydroxyl groups is 1. The number of phenols is 1. The van der Waals surface area contributed by atoms with Crippen molar-refractivity contribution in [3.8, 4) is 5.75 Å². The van der Waals surface area contributed by atoms with Crippen LogP contribution in [-0.4, -0.2) is 28.1 Å². The van der Waals surface area contributed by atoms with Crippen molar-refractivity contribution in [3.05, 3.63) is 70.3 Å². The normalized spacial score (nSPS) is 16.5. The zero-order chi connectivity index (χ0) is 16.5.